The Morgan fingerprint density at radius 2 is 1.72 bits per heavy atom. The number of nitrogens with zero attached hydrogens (tertiary/aromatic N) is 3. The topological polar surface area (TPSA) is 153 Å². The zero-order valence-corrected chi connectivity index (χ0v) is 21.9. The van der Waals surface area contributed by atoms with Gasteiger partial charge in [-0.15, -0.1) is 0 Å². The Labute approximate surface area is 205 Å². The Morgan fingerprint density at radius 3 is 2.19 bits per heavy atom. The lowest BCUT2D eigenvalue weighted by Crippen LogP contribution is -3.00. The minimum Gasteiger partial charge on any atom is -1.00 e. The van der Waals surface area contributed by atoms with Crippen molar-refractivity contribution in [1.82, 2.24) is 20.0 Å². The summed E-state index contributed by atoms with van der Waals surface area (Å²) in [5.41, 5.74) is 12.3. The Kier molecular flexibility index (Phi) is 12.1. The maximum atomic E-state index is 12.1. The highest BCUT2D eigenvalue weighted by atomic mass is 79.9. The van der Waals surface area contributed by atoms with E-state index in [-0.39, 0.29) is 52.2 Å². The number of aromatic nitrogens is 2. The lowest BCUT2D eigenvalue weighted by molar-refractivity contribution is -0.913. The summed E-state index contributed by atoms with van der Waals surface area (Å²) in [5.74, 6) is -0.704. The van der Waals surface area contributed by atoms with E-state index < -0.39 is 15.9 Å². The normalized spacial score (nSPS) is 12.1. The van der Waals surface area contributed by atoms with E-state index in [9.17, 15) is 13.2 Å². The number of sulfonamides is 1. The third kappa shape index (κ3) is 10.6. The summed E-state index contributed by atoms with van der Waals surface area (Å²) < 4.78 is 25.4. The first-order valence-electron chi connectivity index (χ1n) is 9.41. The van der Waals surface area contributed by atoms with Gasteiger partial charge in [-0.2, -0.15) is 4.72 Å². The molecule has 13 heteroatoms. The summed E-state index contributed by atoms with van der Waals surface area (Å²) in [6, 6.07) is 10.3. The molecule has 0 saturated heterocycles. The largest absolute Gasteiger partial charge is 1.00 e. The number of benzene rings is 1. The van der Waals surface area contributed by atoms with Crippen LogP contribution in [0.3, 0.4) is 0 Å². The van der Waals surface area contributed by atoms with E-state index in [0.717, 1.165) is 6.26 Å². The summed E-state index contributed by atoms with van der Waals surface area (Å²) in [6.45, 7) is 4.56. The second-order valence-corrected chi connectivity index (χ2v) is 9.75. The Hall–Kier alpha value is -1.99. The van der Waals surface area contributed by atoms with Crippen molar-refractivity contribution in [3.8, 4) is 0 Å². The first-order chi connectivity index (χ1) is 14.2. The number of amides is 1. The highest BCUT2D eigenvalue weighted by Gasteiger charge is 2.26. The van der Waals surface area contributed by atoms with Crippen LogP contribution in [0.1, 0.15) is 23.0 Å². The molecule has 32 heavy (non-hydrogen) atoms. The van der Waals surface area contributed by atoms with Gasteiger partial charge in [0, 0.05) is 6.92 Å². The van der Waals surface area contributed by atoms with Crippen molar-refractivity contribution >= 4 is 39.2 Å². The van der Waals surface area contributed by atoms with Crippen molar-refractivity contribution < 1.29 is 34.7 Å². The summed E-state index contributed by atoms with van der Waals surface area (Å²) in [5, 5.41) is 2.55. The molecule has 1 atom stereocenters. The minimum atomic E-state index is -3.32. The van der Waals surface area contributed by atoms with Crippen molar-refractivity contribution in [3.63, 3.8) is 0 Å². The zero-order chi connectivity index (χ0) is 23.8. The number of halogens is 2. The van der Waals surface area contributed by atoms with E-state index >= 15 is 0 Å². The molecule has 1 amide bonds. The van der Waals surface area contributed by atoms with Gasteiger partial charge in [-0.05, 0) is 6.92 Å². The van der Waals surface area contributed by atoms with Crippen molar-refractivity contribution in [2.75, 3.05) is 44.9 Å². The second kappa shape index (κ2) is 12.9. The van der Waals surface area contributed by atoms with Gasteiger partial charge < -0.3 is 38.2 Å². The first kappa shape index (κ1) is 30.0. The number of aryl methyl sites for hydroxylation is 1. The van der Waals surface area contributed by atoms with E-state index in [1.807, 2.05) is 32.3 Å². The quantitative estimate of drug-likeness (QED) is 0.229. The molecule has 0 aliphatic rings. The van der Waals surface area contributed by atoms with Crippen molar-refractivity contribution in [2.24, 2.45) is 0 Å². The van der Waals surface area contributed by atoms with Crippen LogP contribution < -0.4 is 38.5 Å². The van der Waals surface area contributed by atoms with Crippen LogP contribution in [-0.2, 0) is 10.0 Å². The molecular formula is C19H31BrClN7O3S. The maximum Gasteiger partial charge on any atom is 0.273 e. The SMILES string of the molecule is CC(NS(C)(=O)=O)[N+](C)(C)CCNC(=O)c1nc(Cl)c(N)nc1N.Cc1ccccc1.[Br-]. The highest BCUT2D eigenvalue weighted by Crippen LogP contribution is 2.17. The molecule has 0 bridgehead atoms. The van der Waals surface area contributed by atoms with Crippen LogP contribution in [0.15, 0.2) is 30.3 Å². The molecule has 1 heterocycles. The van der Waals surface area contributed by atoms with E-state index in [1.165, 1.54) is 5.56 Å². The van der Waals surface area contributed by atoms with Gasteiger partial charge in [-0.3, -0.25) is 4.79 Å². The van der Waals surface area contributed by atoms with Gasteiger partial charge in [0.1, 0.15) is 0 Å². The molecule has 0 aliphatic heterocycles. The number of carbonyl (C=O) groups excluding carboxylic acids is 1. The van der Waals surface area contributed by atoms with Crippen molar-refractivity contribution in [1.29, 1.82) is 0 Å². The molecule has 10 nitrogen and oxygen atoms in total. The number of nitrogen functional groups attached to an aromatic ring is 2. The molecule has 2 aromatic rings. The Balaban J connectivity index is 0.00000102. The fourth-order valence-electron chi connectivity index (χ4n) is 2.33. The maximum absolute atomic E-state index is 12.1. The van der Waals surface area contributed by atoms with Crippen LogP contribution in [0, 0.1) is 6.92 Å². The molecule has 1 unspecified atom stereocenters. The number of nitrogens with one attached hydrogen (secondary N) is 2. The number of nitrogens with two attached hydrogens (primary N) is 2. The van der Waals surface area contributed by atoms with Crippen LogP contribution in [0.4, 0.5) is 11.6 Å². The lowest BCUT2D eigenvalue weighted by atomic mass is 10.2. The molecule has 6 N–H and O–H groups in total. The van der Waals surface area contributed by atoms with Gasteiger partial charge in [0.25, 0.3) is 5.91 Å². The van der Waals surface area contributed by atoms with Crippen molar-refractivity contribution in [2.45, 2.75) is 20.0 Å². The Morgan fingerprint density at radius 1 is 1.16 bits per heavy atom. The number of anilines is 2. The standard InChI is InChI=1S/C12H22ClN7O3S.C7H8.BrH/c1-7(19-24(4,22)23)20(2,3)6-5-16-12(21)8-10(14)18-11(15)9(13)17-8;1-7-5-3-2-4-6-7;/h7,19H,5-6H2,1-4H3,(H4-,14,15,16,18,21);2-6H,1H3;1H. The molecule has 1 aromatic carbocycles. The monoisotopic (exact) mass is 551 g/mol. The number of hydrogen-bond donors (Lipinski definition) is 4. The highest BCUT2D eigenvalue weighted by molar-refractivity contribution is 7.88. The summed E-state index contributed by atoms with van der Waals surface area (Å²) in [4.78, 5) is 19.7. The number of carbonyl (C=O) groups is 1. The third-order valence-corrected chi connectivity index (χ3v) is 5.51. The van der Waals surface area contributed by atoms with Crippen LogP contribution in [0.2, 0.25) is 5.15 Å². The number of quaternary nitrogens is 1. The number of rotatable bonds is 7. The van der Waals surface area contributed by atoms with E-state index in [0.29, 0.717) is 11.0 Å². The molecule has 0 spiro atoms. The van der Waals surface area contributed by atoms with Crippen LogP contribution >= 0.6 is 11.6 Å². The molecule has 0 aliphatic carbocycles. The Bertz CT molecular complexity index is 992. The van der Waals surface area contributed by atoms with Gasteiger partial charge in [-0.25, -0.2) is 18.4 Å². The van der Waals surface area contributed by atoms with Gasteiger partial charge in [0.2, 0.25) is 10.0 Å². The molecule has 0 fully saturated rings. The van der Waals surface area contributed by atoms with Crippen LogP contribution in [0.25, 0.3) is 0 Å². The fraction of sp³-hybridized carbons (Fsp3) is 0.421. The summed E-state index contributed by atoms with van der Waals surface area (Å²) >= 11 is 5.74. The number of likely N-dealkylation sites (N-methyl/N-ethyl adjacent to an activating group) is 1. The predicted octanol–water partition coefficient (Wildman–Crippen LogP) is -2.01. The smallest absolute Gasteiger partial charge is 0.273 e. The van der Waals surface area contributed by atoms with Gasteiger partial charge >= 0.3 is 0 Å². The zero-order valence-electron chi connectivity index (χ0n) is 18.8. The summed E-state index contributed by atoms with van der Waals surface area (Å²) in [6.07, 6.45) is 0.727. The minimum absolute atomic E-state index is 0. The third-order valence-electron chi connectivity index (χ3n) is 4.47. The fourth-order valence-corrected chi connectivity index (χ4v) is 3.36. The van der Waals surface area contributed by atoms with E-state index in [1.54, 1.807) is 6.92 Å². The van der Waals surface area contributed by atoms with E-state index in [4.69, 9.17) is 23.1 Å². The average Bonchev–Trinajstić information content (AvgIpc) is 2.64. The molecular weight excluding hydrogens is 522 g/mol. The molecule has 180 valence electrons. The van der Waals surface area contributed by atoms with Crippen molar-refractivity contribution in [3.05, 3.63) is 46.7 Å². The first-order valence-corrected chi connectivity index (χ1v) is 11.7. The molecule has 0 radical (unpaired) electrons. The second-order valence-electron chi connectivity index (χ2n) is 7.61. The van der Waals surface area contributed by atoms with Gasteiger partial charge in [-0.1, -0.05) is 47.5 Å². The lowest BCUT2D eigenvalue weighted by Gasteiger charge is -2.35. The van der Waals surface area contributed by atoms with E-state index in [2.05, 4.69) is 39.1 Å². The molecule has 2 rings (SSSR count). The molecule has 1 aromatic heterocycles. The van der Waals surface area contributed by atoms with Gasteiger partial charge in [0.15, 0.2) is 28.6 Å². The summed E-state index contributed by atoms with van der Waals surface area (Å²) in [7, 11) is 0.354. The average molecular weight is 553 g/mol. The van der Waals surface area contributed by atoms with Crippen LogP contribution in [-0.4, -0.2) is 68.4 Å². The number of hydrogen-bond acceptors (Lipinski definition) is 7. The van der Waals surface area contributed by atoms with Gasteiger partial charge in [0.05, 0.1) is 33.4 Å². The predicted molar refractivity (Wildman–Crippen MR) is 124 cm³/mol. The molecule has 0 saturated carbocycles. The van der Waals surface area contributed by atoms with Crippen LogP contribution in [0.5, 0.6) is 0 Å².